The molecule has 1 aliphatic rings. The standard InChI is InChI=1S/C10H10ClNO7S2/c11-9-5-20(15,16)6-10(9)19-21(17,18)8-3-1-2-7(4-8)12(13)14/h1-4,9-10H,5-6H2/t9-,10-/m1/s1. The molecule has 0 unspecified atom stereocenters. The predicted molar refractivity (Wildman–Crippen MR) is 73.5 cm³/mol. The SMILES string of the molecule is O=[N+]([O-])c1cccc(S(=O)(=O)O[C@@H]2CS(=O)(=O)C[C@H]2Cl)c1. The Balaban J connectivity index is 2.27. The topological polar surface area (TPSA) is 121 Å². The molecule has 0 aliphatic carbocycles. The second-order valence-electron chi connectivity index (χ2n) is 4.44. The molecule has 0 N–H and O–H groups in total. The minimum Gasteiger partial charge on any atom is -0.260 e. The van der Waals surface area contributed by atoms with E-state index in [1.54, 1.807) is 0 Å². The first-order chi connectivity index (χ1) is 9.61. The van der Waals surface area contributed by atoms with Crippen LogP contribution in [-0.4, -0.2) is 44.7 Å². The lowest BCUT2D eigenvalue weighted by Gasteiger charge is -2.13. The monoisotopic (exact) mass is 355 g/mol. The molecule has 1 aromatic carbocycles. The number of benzene rings is 1. The van der Waals surface area contributed by atoms with Gasteiger partial charge in [-0.3, -0.25) is 14.3 Å². The van der Waals surface area contributed by atoms with Gasteiger partial charge < -0.3 is 0 Å². The largest absolute Gasteiger partial charge is 0.297 e. The molecular weight excluding hydrogens is 346 g/mol. The summed E-state index contributed by atoms with van der Waals surface area (Å²) >= 11 is 5.76. The fraction of sp³-hybridized carbons (Fsp3) is 0.400. The zero-order valence-corrected chi connectivity index (χ0v) is 12.8. The molecule has 2 atom stereocenters. The molecule has 21 heavy (non-hydrogen) atoms. The normalized spacial score (nSPS) is 24.8. The highest BCUT2D eigenvalue weighted by Crippen LogP contribution is 2.26. The Morgan fingerprint density at radius 3 is 2.52 bits per heavy atom. The van der Waals surface area contributed by atoms with Crippen molar-refractivity contribution >= 4 is 37.2 Å². The van der Waals surface area contributed by atoms with Crippen LogP contribution in [0.3, 0.4) is 0 Å². The number of hydrogen-bond acceptors (Lipinski definition) is 7. The van der Waals surface area contributed by atoms with Crippen molar-refractivity contribution in [2.75, 3.05) is 11.5 Å². The highest BCUT2D eigenvalue weighted by Gasteiger charge is 2.40. The maximum Gasteiger partial charge on any atom is 0.297 e. The Morgan fingerprint density at radius 2 is 2.00 bits per heavy atom. The number of sulfone groups is 1. The quantitative estimate of drug-likeness (QED) is 0.337. The summed E-state index contributed by atoms with van der Waals surface area (Å²) in [6, 6.07) is 4.28. The second-order valence-corrected chi connectivity index (χ2v) is 8.72. The molecule has 2 rings (SSSR count). The van der Waals surface area contributed by atoms with Gasteiger partial charge in [0.2, 0.25) is 0 Å². The maximum absolute atomic E-state index is 12.0. The highest BCUT2D eigenvalue weighted by atomic mass is 35.5. The van der Waals surface area contributed by atoms with Crippen LogP contribution in [0.25, 0.3) is 0 Å². The van der Waals surface area contributed by atoms with Crippen molar-refractivity contribution in [1.29, 1.82) is 0 Å². The van der Waals surface area contributed by atoms with Crippen molar-refractivity contribution in [2.24, 2.45) is 0 Å². The van der Waals surface area contributed by atoms with E-state index in [2.05, 4.69) is 0 Å². The third kappa shape index (κ3) is 3.70. The van der Waals surface area contributed by atoms with Gasteiger partial charge >= 0.3 is 0 Å². The van der Waals surface area contributed by atoms with Gasteiger partial charge in [-0.05, 0) is 6.07 Å². The zero-order chi connectivity index (χ0) is 15.8. The number of non-ortho nitro benzene ring substituents is 1. The summed E-state index contributed by atoms with van der Waals surface area (Å²) in [6.45, 7) is 0. The molecule has 1 aliphatic heterocycles. The molecule has 1 heterocycles. The second kappa shape index (κ2) is 5.52. The van der Waals surface area contributed by atoms with Crippen LogP contribution >= 0.6 is 11.6 Å². The third-order valence-electron chi connectivity index (χ3n) is 2.80. The van der Waals surface area contributed by atoms with E-state index in [1.807, 2.05) is 0 Å². The van der Waals surface area contributed by atoms with Crippen molar-refractivity contribution in [2.45, 2.75) is 16.4 Å². The summed E-state index contributed by atoms with van der Waals surface area (Å²) in [5.41, 5.74) is -0.416. The van der Waals surface area contributed by atoms with Gasteiger partial charge in [-0.15, -0.1) is 11.6 Å². The molecule has 1 aromatic rings. The molecular formula is C10H10ClNO7S2. The summed E-state index contributed by atoms with van der Waals surface area (Å²) in [7, 11) is -7.79. The lowest BCUT2D eigenvalue weighted by atomic mass is 10.3. The highest BCUT2D eigenvalue weighted by molar-refractivity contribution is 7.92. The molecule has 0 bridgehead atoms. The fourth-order valence-electron chi connectivity index (χ4n) is 1.83. The Morgan fingerprint density at radius 1 is 1.33 bits per heavy atom. The number of hydrogen-bond donors (Lipinski definition) is 0. The predicted octanol–water partition coefficient (Wildman–Crippen LogP) is 0.705. The molecule has 1 saturated heterocycles. The molecule has 0 saturated carbocycles. The lowest BCUT2D eigenvalue weighted by Crippen LogP contribution is -2.26. The minimum absolute atomic E-state index is 0.371. The van der Waals surface area contributed by atoms with Crippen LogP contribution in [0.15, 0.2) is 29.2 Å². The molecule has 0 radical (unpaired) electrons. The molecule has 11 heteroatoms. The summed E-state index contributed by atoms with van der Waals surface area (Å²) in [6.07, 6.45) is -1.21. The van der Waals surface area contributed by atoms with Crippen molar-refractivity contribution in [3.05, 3.63) is 34.4 Å². The number of nitrogens with zero attached hydrogens (tertiary/aromatic N) is 1. The van der Waals surface area contributed by atoms with Crippen LogP contribution < -0.4 is 0 Å². The van der Waals surface area contributed by atoms with Gasteiger partial charge in [-0.2, -0.15) is 8.42 Å². The number of rotatable bonds is 4. The van der Waals surface area contributed by atoms with Gasteiger partial charge in [-0.1, -0.05) is 6.07 Å². The van der Waals surface area contributed by atoms with E-state index < -0.39 is 52.7 Å². The summed E-state index contributed by atoms with van der Waals surface area (Å²) in [4.78, 5) is 9.46. The Bertz CT molecular complexity index is 774. The Labute approximate surface area is 125 Å². The molecule has 0 spiro atoms. The third-order valence-corrected chi connectivity index (χ3v) is 6.46. The molecule has 8 nitrogen and oxygen atoms in total. The van der Waals surface area contributed by atoms with Crippen LogP contribution in [0.2, 0.25) is 0 Å². The van der Waals surface area contributed by atoms with Crippen molar-refractivity contribution in [3.8, 4) is 0 Å². The van der Waals surface area contributed by atoms with Gasteiger partial charge in [-0.25, -0.2) is 8.42 Å². The van der Waals surface area contributed by atoms with E-state index in [1.165, 1.54) is 6.07 Å². The molecule has 0 aromatic heterocycles. The van der Waals surface area contributed by atoms with Crippen molar-refractivity contribution in [3.63, 3.8) is 0 Å². The first-order valence-electron chi connectivity index (χ1n) is 5.63. The molecule has 0 amide bonds. The summed E-state index contributed by atoms with van der Waals surface area (Å²) in [5, 5.41) is 9.65. The van der Waals surface area contributed by atoms with E-state index in [0.717, 1.165) is 18.2 Å². The van der Waals surface area contributed by atoms with Crippen LogP contribution in [0.5, 0.6) is 0 Å². The number of nitro benzene ring substituents is 1. The maximum atomic E-state index is 12.0. The van der Waals surface area contributed by atoms with Crippen LogP contribution in [0.1, 0.15) is 0 Å². The summed E-state index contributed by atoms with van der Waals surface area (Å²) < 4.78 is 51.6. The van der Waals surface area contributed by atoms with Crippen LogP contribution in [-0.2, 0) is 24.1 Å². The van der Waals surface area contributed by atoms with Gasteiger partial charge in [0.05, 0.1) is 21.8 Å². The fourth-order valence-corrected chi connectivity index (χ4v) is 5.59. The van der Waals surface area contributed by atoms with Gasteiger partial charge in [0.15, 0.2) is 9.84 Å². The average Bonchev–Trinajstić information content (AvgIpc) is 2.61. The van der Waals surface area contributed by atoms with E-state index in [4.69, 9.17) is 15.8 Å². The Hall–Kier alpha value is -1.23. The average molecular weight is 356 g/mol. The first-order valence-corrected chi connectivity index (χ1v) is 9.29. The van der Waals surface area contributed by atoms with E-state index in [-0.39, 0.29) is 5.75 Å². The van der Waals surface area contributed by atoms with Crippen molar-refractivity contribution in [1.82, 2.24) is 0 Å². The van der Waals surface area contributed by atoms with Crippen molar-refractivity contribution < 1.29 is 25.9 Å². The first kappa shape index (κ1) is 16.1. The molecule has 116 valence electrons. The lowest BCUT2D eigenvalue weighted by molar-refractivity contribution is -0.385. The number of halogens is 1. The van der Waals surface area contributed by atoms with Crippen LogP contribution in [0.4, 0.5) is 5.69 Å². The Kier molecular flexibility index (Phi) is 4.24. The number of alkyl halides is 1. The minimum atomic E-state index is -4.34. The van der Waals surface area contributed by atoms with E-state index >= 15 is 0 Å². The summed E-state index contributed by atoms with van der Waals surface area (Å²) in [5.74, 6) is -0.876. The van der Waals surface area contributed by atoms with E-state index in [9.17, 15) is 26.9 Å². The van der Waals surface area contributed by atoms with Gasteiger partial charge in [0, 0.05) is 12.1 Å². The number of nitro groups is 1. The van der Waals surface area contributed by atoms with Gasteiger partial charge in [0.1, 0.15) is 11.0 Å². The zero-order valence-electron chi connectivity index (χ0n) is 10.4. The van der Waals surface area contributed by atoms with E-state index in [0.29, 0.717) is 0 Å². The van der Waals surface area contributed by atoms with Crippen LogP contribution in [0, 0.1) is 10.1 Å². The molecule has 1 fully saturated rings. The smallest absolute Gasteiger partial charge is 0.260 e. The van der Waals surface area contributed by atoms with Gasteiger partial charge in [0.25, 0.3) is 15.8 Å².